The van der Waals surface area contributed by atoms with Crippen molar-refractivity contribution in [1.82, 2.24) is 10.3 Å². The summed E-state index contributed by atoms with van der Waals surface area (Å²) in [6.07, 6.45) is 3.08. The molecule has 0 radical (unpaired) electrons. The average molecular weight is 429 g/mol. The van der Waals surface area contributed by atoms with Crippen LogP contribution in [0.5, 0.6) is 0 Å². The number of nitrogens with two attached hydrogens (primary N) is 1. The fraction of sp³-hybridized carbons (Fsp3) is 0.429. The summed E-state index contributed by atoms with van der Waals surface area (Å²) in [7, 11) is 0. The molecule has 0 spiro atoms. The molecule has 0 aliphatic heterocycles. The van der Waals surface area contributed by atoms with Gasteiger partial charge in [0.05, 0.1) is 15.2 Å². The Morgan fingerprint density at radius 2 is 2.09 bits per heavy atom. The first-order valence-corrected chi connectivity index (χ1v) is 8.32. The quantitative estimate of drug-likeness (QED) is 0.660. The largest absolute Gasteiger partial charge is 0.356 e. The van der Waals surface area contributed by atoms with Crippen molar-refractivity contribution in [3.05, 3.63) is 27.7 Å². The first-order chi connectivity index (χ1) is 9.69. The van der Waals surface area contributed by atoms with E-state index in [0.717, 1.165) is 32.5 Å². The number of halogens is 3. The zero-order valence-electron chi connectivity index (χ0n) is 12.0. The SMILES string of the molecule is Cl.Cl.NCCCCNC(=O)CCc1nc2cc(Br)ccc2s1. The molecule has 4 nitrogen and oxygen atoms in total. The van der Waals surface area contributed by atoms with E-state index in [1.54, 1.807) is 11.3 Å². The van der Waals surface area contributed by atoms with Gasteiger partial charge < -0.3 is 11.1 Å². The van der Waals surface area contributed by atoms with Crippen LogP contribution in [-0.4, -0.2) is 24.0 Å². The van der Waals surface area contributed by atoms with E-state index in [1.165, 1.54) is 0 Å². The molecule has 0 aliphatic carbocycles. The van der Waals surface area contributed by atoms with Crippen LogP contribution in [0, 0.1) is 0 Å². The van der Waals surface area contributed by atoms with Crippen molar-refractivity contribution in [3.63, 3.8) is 0 Å². The molecule has 3 N–H and O–H groups in total. The van der Waals surface area contributed by atoms with E-state index in [-0.39, 0.29) is 30.7 Å². The van der Waals surface area contributed by atoms with E-state index >= 15 is 0 Å². The van der Waals surface area contributed by atoms with Crippen molar-refractivity contribution in [2.45, 2.75) is 25.7 Å². The second-order valence-electron chi connectivity index (χ2n) is 4.57. The molecule has 1 aromatic carbocycles. The molecule has 0 unspecified atom stereocenters. The van der Waals surface area contributed by atoms with Crippen molar-refractivity contribution in [3.8, 4) is 0 Å². The molecule has 8 heteroatoms. The number of carbonyl (C=O) groups is 1. The number of aromatic nitrogens is 1. The molecule has 0 bridgehead atoms. The standard InChI is InChI=1S/C14H18BrN3OS.2ClH/c15-10-3-4-12-11(9-10)18-14(20-12)6-5-13(19)17-8-2-1-7-16;;/h3-4,9H,1-2,5-8,16H2,(H,17,19);2*1H. The molecule has 124 valence electrons. The number of aryl methyl sites for hydroxylation is 1. The van der Waals surface area contributed by atoms with E-state index in [2.05, 4.69) is 26.2 Å². The third-order valence-corrected chi connectivity index (χ3v) is 4.50. The number of unbranched alkanes of at least 4 members (excludes halogenated alkanes) is 1. The monoisotopic (exact) mass is 427 g/mol. The maximum Gasteiger partial charge on any atom is 0.220 e. The Balaban J connectivity index is 0.00000220. The molecule has 22 heavy (non-hydrogen) atoms. The van der Waals surface area contributed by atoms with E-state index < -0.39 is 0 Å². The molecule has 0 aliphatic rings. The first-order valence-electron chi connectivity index (χ1n) is 6.71. The van der Waals surface area contributed by atoms with Crippen LogP contribution in [-0.2, 0) is 11.2 Å². The minimum absolute atomic E-state index is 0. The molecule has 2 aromatic rings. The average Bonchev–Trinajstić information content (AvgIpc) is 2.83. The fourth-order valence-electron chi connectivity index (χ4n) is 1.86. The number of thiazole rings is 1. The van der Waals surface area contributed by atoms with Crippen LogP contribution >= 0.6 is 52.1 Å². The molecule has 1 amide bonds. The number of amides is 1. The highest BCUT2D eigenvalue weighted by Gasteiger charge is 2.07. The lowest BCUT2D eigenvalue weighted by Crippen LogP contribution is -2.25. The molecule has 1 aromatic heterocycles. The van der Waals surface area contributed by atoms with Crippen molar-refractivity contribution in [2.24, 2.45) is 5.73 Å². The molecular weight excluding hydrogens is 409 g/mol. The topological polar surface area (TPSA) is 68.0 Å². The lowest BCUT2D eigenvalue weighted by Gasteiger charge is -2.03. The number of benzene rings is 1. The predicted octanol–water partition coefficient (Wildman–Crippen LogP) is 3.69. The summed E-state index contributed by atoms with van der Waals surface area (Å²) in [4.78, 5) is 16.2. The highest BCUT2D eigenvalue weighted by atomic mass is 79.9. The number of nitrogens with one attached hydrogen (secondary N) is 1. The van der Waals surface area contributed by atoms with Crippen LogP contribution in [0.3, 0.4) is 0 Å². The van der Waals surface area contributed by atoms with Crippen LogP contribution < -0.4 is 11.1 Å². The van der Waals surface area contributed by atoms with Gasteiger partial charge in [-0.2, -0.15) is 0 Å². The van der Waals surface area contributed by atoms with Crippen LogP contribution in [0.15, 0.2) is 22.7 Å². The Bertz CT molecular complexity index is 594. The summed E-state index contributed by atoms with van der Waals surface area (Å²) >= 11 is 5.09. The van der Waals surface area contributed by atoms with Gasteiger partial charge in [-0.25, -0.2) is 4.98 Å². The highest BCUT2D eigenvalue weighted by molar-refractivity contribution is 9.10. The van der Waals surface area contributed by atoms with E-state index in [1.807, 2.05) is 18.2 Å². The predicted molar refractivity (Wildman–Crippen MR) is 101 cm³/mol. The minimum atomic E-state index is 0. The summed E-state index contributed by atoms with van der Waals surface area (Å²) in [6.45, 7) is 1.39. The zero-order chi connectivity index (χ0) is 14.4. The highest BCUT2D eigenvalue weighted by Crippen LogP contribution is 2.25. The second kappa shape index (κ2) is 11.2. The van der Waals surface area contributed by atoms with E-state index in [0.29, 0.717) is 25.9 Å². The van der Waals surface area contributed by atoms with Gasteiger partial charge in [-0.05, 0) is 37.6 Å². The Labute approximate surface area is 155 Å². The molecule has 2 rings (SSSR count). The molecule has 0 saturated carbocycles. The van der Waals surface area contributed by atoms with Crippen LogP contribution in [0.1, 0.15) is 24.3 Å². The van der Waals surface area contributed by atoms with Gasteiger partial charge in [0.2, 0.25) is 5.91 Å². The lowest BCUT2D eigenvalue weighted by molar-refractivity contribution is -0.121. The first kappa shape index (κ1) is 21.6. The number of hydrogen-bond donors (Lipinski definition) is 2. The maximum absolute atomic E-state index is 11.7. The van der Waals surface area contributed by atoms with Gasteiger partial charge in [-0.3, -0.25) is 4.79 Å². The molecule has 0 atom stereocenters. The third-order valence-electron chi connectivity index (χ3n) is 2.91. The summed E-state index contributed by atoms with van der Waals surface area (Å²) in [5.74, 6) is 0.0856. The smallest absolute Gasteiger partial charge is 0.220 e. The van der Waals surface area contributed by atoms with E-state index in [4.69, 9.17) is 5.73 Å². The van der Waals surface area contributed by atoms with E-state index in [9.17, 15) is 4.79 Å². The summed E-state index contributed by atoms with van der Waals surface area (Å²) < 4.78 is 2.19. The Morgan fingerprint density at radius 1 is 1.32 bits per heavy atom. The Hall–Kier alpha value is -0.400. The van der Waals surface area contributed by atoms with Crippen molar-refractivity contribution < 1.29 is 4.79 Å². The third kappa shape index (κ3) is 6.79. The minimum Gasteiger partial charge on any atom is -0.356 e. The van der Waals surface area contributed by atoms with Gasteiger partial charge in [-0.15, -0.1) is 36.2 Å². The summed E-state index contributed by atoms with van der Waals surface area (Å²) in [5, 5.41) is 3.91. The van der Waals surface area contributed by atoms with Crippen LogP contribution in [0.4, 0.5) is 0 Å². The summed E-state index contributed by atoms with van der Waals surface area (Å²) in [5.41, 5.74) is 6.39. The molecular formula is C14H20BrCl2N3OS. The van der Waals surface area contributed by atoms with Gasteiger partial charge in [-0.1, -0.05) is 15.9 Å². The number of rotatable bonds is 7. The Morgan fingerprint density at radius 3 is 2.82 bits per heavy atom. The number of fused-ring (bicyclic) bond motifs is 1. The van der Waals surface area contributed by atoms with Crippen LogP contribution in [0.25, 0.3) is 10.2 Å². The van der Waals surface area contributed by atoms with Crippen molar-refractivity contribution in [1.29, 1.82) is 0 Å². The van der Waals surface area contributed by atoms with Crippen molar-refractivity contribution >= 4 is 68.2 Å². The zero-order valence-corrected chi connectivity index (χ0v) is 16.0. The molecule has 0 fully saturated rings. The Kier molecular flexibility index (Phi) is 11.0. The van der Waals surface area contributed by atoms with Gasteiger partial charge >= 0.3 is 0 Å². The second-order valence-corrected chi connectivity index (χ2v) is 6.60. The van der Waals surface area contributed by atoms with Gasteiger partial charge in [0.1, 0.15) is 0 Å². The van der Waals surface area contributed by atoms with Crippen molar-refractivity contribution in [2.75, 3.05) is 13.1 Å². The molecule has 0 saturated heterocycles. The normalized spacial score (nSPS) is 9.91. The lowest BCUT2D eigenvalue weighted by atomic mass is 10.2. The maximum atomic E-state index is 11.7. The number of carbonyl (C=O) groups excluding carboxylic acids is 1. The summed E-state index contributed by atoms with van der Waals surface area (Å²) in [6, 6.07) is 6.06. The van der Waals surface area contributed by atoms with Gasteiger partial charge in [0.25, 0.3) is 0 Å². The fourth-order valence-corrected chi connectivity index (χ4v) is 3.16. The van der Waals surface area contributed by atoms with Crippen LogP contribution in [0.2, 0.25) is 0 Å². The van der Waals surface area contributed by atoms with Gasteiger partial charge in [0.15, 0.2) is 0 Å². The molecule has 1 heterocycles. The number of nitrogens with zero attached hydrogens (tertiary/aromatic N) is 1. The van der Waals surface area contributed by atoms with Gasteiger partial charge in [0, 0.05) is 23.9 Å². The number of hydrogen-bond acceptors (Lipinski definition) is 4.